The number of ether oxygens (including phenoxy) is 1. The topological polar surface area (TPSA) is 49.9 Å². The predicted molar refractivity (Wildman–Crippen MR) is 124 cm³/mol. The number of anilines is 2. The summed E-state index contributed by atoms with van der Waals surface area (Å²) < 4.78 is 5.34. The van der Waals surface area contributed by atoms with Crippen LogP contribution in [0, 0.1) is 0 Å². The minimum atomic E-state index is -1.12. The van der Waals surface area contributed by atoms with Gasteiger partial charge in [-0.05, 0) is 48.0 Å². The summed E-state index contributed by atoms with van der Waals surface area (Å²) in [4.78, 5) is 29.3. The number of para-hydroxylation sites is 1. The molecule has 2 aliphatic rings. The average molecular weight is 451 g/mol. The third-order valence-corrected chi connectivity index (χ3v) is 7.26. The van der Waals surface area contributed by atoms with E-state index in [4.69, 9.17) is 16.3 Å². The predicted octanol–water partition coefficient (Wildman–Crippen LogP) is 4.83. The molecule has 1 fully saturated rings. The van der Waals surface area contributed by atoms with Crippen molar-refractivity contribution in [3.8, 4) is 5.75 Å². The van der Waals surface area contributed by atoms with Crippen molar-refractivity contribution >= 4 is 46.6 Å². The number of methoxy groups -OCH3 is 1. The highest BCUT2D eigenvalue weighted by Crippen LogP contribution is 2.56. The molecule has 3 aromatic rings. The van der Waals surface area contributed by atoms with Crippen molar-refractivity contribution in [2.45, 2.75) is 11.4 Å². The van der Waals surface area contributed by atoms with Crippen molar-refractivity contribution < 1.29 is 14.3 Å². The number of amides is 2. The number of fused-ring (bicyclic) bond motifs is 2. The lowest BCUT2D eigenvalue weighted by atomic mass is 10.0. The Morgan fingerprint density at radius 1 is 1.03 bits per heavy atom. The first-order chi connectivity index (χ1) is 15.0. The minimum Gasteiger partial charge on any atom is -0.497 e. The SMILES string of the molecule is COc1cccc(CN2C(=O)C3(SCC(=O)N3c3ccc(Cl)cc3)c3ccccc32)c1. The number of hydrogen-bond acceptors (Lipinski definition) is 4. The van der Waals surface area contributed by atoms with E-state index in [1.54, 1.807) is 41.2 Å². The Balaban J connectivity index is 1.61. The molecular weight excluding hydrogens is 432 g/mol. The molecule has 1 spiro atoms. The molecule has 5 nitrogen and oxygen atoms in total. The number of nitrogens with zero attached hydrogens (tertiary/aromatic N) is 2. The third-order valence-electron chi connectivity index (χ3n) is 5.62. The largest absolute Gasteiger partial charge is 0.497 e. The quantitative estimate of drug-likeness (QED) is 0.571. The summed E-state index contributed by atoms with van der Waals surface area (Å²) in [6, 6.07) is 22.4. The van der Waals surface area contributed by atoms with E-state index in [1.807, 2.05) is 48.5 Å². The fraction of sp³-hybridized carbons (Fsp3) is 0.167. The second kappa shape index (κ2) is 7.62. The van der Waals surface area contributed by atoms with E-state index in [2.05, 4.69) is 0 Å². The second-order valence-electron chi connectivity index (χ2n) is 7.40. The van der Waals surface area contributed by atoms with Crippen molar-refractivity contribution in [3.63, 3.8) is 0 Å². The summed E-state index contributed by atoms with van der Waals surface area (Å²) in [7, 11) is 1.62. The van der Waals surface area contributed by atoms with E-state index in [-0.39, 0.29) is 17.6 Å². The van der Waals surface area contributed by atoms with Crippen LogP contribution in [0.4, 0.5) is 11.4 Å². The molecule has 5 rings (SSSR count). The summed E-state index contributed by atoms with van der Waals surface area (Å²) in [5.41, 5.74) is 3.25. The third kappa shape index (κ3) is 3.09. The van der Waals surface area contributed by atoms with E-state index < -0.39 is 4.87 Å². The van der Waals surface area contributed by atoms with Crippen LogP contribution in [0.25, 0.3) is 0 Å². The maximum absolute atomic E-state index is 14.0. The number of thioether (sulfide) groups is 1. The van der Waals surface area contributed by atoms with Crippen LogP contribution in [-0.4, -0.2) is 24.7 Å². The first-order valence-electron chi connectivity index (χ1n) is 9.81. The van der Waals surface area contributed by atoms with Gasteiger partial charge in [0.05, 0.1) is 25.1 Å². The van der Waals surface area contributed by atoms with Crippen molar-refractivity contribution in [1.82, 2.24) is 0 Å². The highest BCUT2D eigenvalue weighted by atomic mass is 35.5. The van der Waals surface area contributed by atoms with Crippen LogP contribution in [0.3, 0.4) is 0 Å². The van der Waals surface area contributed by atoms with Crippen LogP contribution < -0.4 is 14.5 Å². The Morgan fingerprint density at radius 3 is 2.58 bits per heavy atom. The molecule has 1 unspecified atom stereocenters. The molecule has 7 heteroatoms. The number of benzene rings is 3. The van der Waals surface area contributed by atoms with Gasteiger partial charge in [0.1, 0.15) is 5.75 Å². The van der Waals surface area contributed by atoms with Gasteiger partial charge in [0.15, 0.2) is 0 Å². The molecule has 0 saturated carbocycles. The van der Waals surface area contributed by atoms with E-state index in [9.17, 15) is 9.59 Å². The number of hydrogen-bond donors (Lipinski definition) is 0. The van der Waals surface area contributed by atoms with E-state index in [0.717, 1.165) is 22.6 Å². The van der Waals surface area contributed by atoms with Crippen molar-refractivity contribution in [2.75, 3.05) is 22.7 Å². The maximum atomic E-state index is 14.0. The molecule has 0 aliphatic carbocycles. The zero-order valence-electron chi connectivity index (χ0n) is 16.7. The Morgan fingerprint density at radius 2 is 1.81 bits per heavy atom. The average Bonchev–Trinajstić information content (AvgIpc) is 3.26. The van der Waals surface area contributed by atoms with Crippen LogP contribution in [-0.2, 0) is 21.0 Å². The highest BCUT2D eigenvalue weighted by Gasteiger charge is 2.60. The van der Waals surface area contributed by atoms with Gasteiger partial charge in [0, 0.05) is 16.3 Å². The van der Waals surface area contributed by atoms with Gasteiger partial charge in [-0.1, -0.05) is 41.9 Å². The Kier molecular flexibility index (Phi) is 4.91. The maximum Gasteiger partial charge on any atom is 0.269 e. The molecular formula is C24H19ClN2O3S. The summed E-state index contributed by atoms with van der Waals surface area (Å²) in [6.07, 6.45) is 0. The molecule has 3 aromatic carbocycles. The number of halogens is 1. The lowest BCUT2D eigenvalue weighted by molar-refractivity contribution is -0.123. The first-order valence-corrected chi connectivity index (χ1v) is 11.2. The van der Waals surface area contributed by atoms with Gasteiger partial charge in [-0.25, -0.2) is 0 Å². The fourth-order valence-electron chi connectivity index (χ4n) is 4.26. The van der Waals surface area contributed by atoms with Crippen LogP contribution in [0.15, 0.2) is 72.8 Å². The molecule has 2 aliphatic heterocycles. The molecule has 1 saturated heterocycles. The van der Waals surface area contributed by atoms with Crippen molar-refractivity contribution in [2.24, 2.45) is 0 Å². The standard InChI is InChI=1S/C24H19ClN2O3S/c1-30-19-6-4-5-16(13-19)14-26-21-8-3-2-7-20(21)24(23(26)29)27(22(28)15-31-24)18-11-9-17(25)10-12-18/h2-13H,14-15H2,1H3. The summed E-state index contributed by atoms with van der Waals surface area (Å²) in [6.45, 7) is 0.387. The van der Waals surface area contributed by atoms with Gasteiger partial charge in [-0.15, -0.1) is 11.8 Å². The Hall–Kier alpha value is -2.96. The molecule has 1 atom stereocenters. The van der Waals surface area contributed by atoms with E-state index in [0.29, 0.717) is 17.3 Å². The van der Waals surface area contributed by atoms with Gasteiger partial charge >= 0.3 is 0 Å². The van der Waals surface area contributed by atoms with Crippen molar-refractivity contribution in [3.05, 3.63) is 88.9 Å². The van der Waals surface area contributed by atoms with Crippen LogP contribution >= 0.6 is 23.4 Å². The van der Waals surface area contributed by atoms with Gasteiger partial charge in [-0.2, -0.15) is 0 Å². The first kappa shape index (κ1) is 20.0. The second-order valence-corrected chi connectivity index (χ2v) is 9.00. The lowest BCUT2D eigenvalue weighted by Crippen LogP contribution is -2.49. The fourth-order valence-corrected chi connectivity index (χ4v) is 5.74. The summed E-state index contributed by atoms with van der Waals surface area (Å²) >= 11 is 7.43. The van der Waals surface area contributed by atoms with Crippen LogP contribution in [0.2, 0.25) is 5.02 Å². The minimum absolute atomic E-state index is 0.0984. The lowest BCUT2D eigenvalue weighted by Gasteiger charge is -2.33. The molecule has 31 heavy (non-hydrogen) atoms. The number of rotatable bonds is 4. The molecule has 0 aromatic heterocycles. The molecule has 2 amide bonds. The van der Waals surface area contributed by atoms with Crippen LogP contribution in [0.5, 0.6) is 5.75 Å². The number of carbonyl (C=O) groups is 2. The smallest absolute Gasteiger partial charge is 0.269 e. The van der Waals surface area contributed by atoms with Crippen molar-refractivity contribution in [1.29, 1.82) is 0 Å². The number of carbonyl (C=O) groups excluding carboxylic acids is 2. The normalized spacial score (nSPS) is 19.9. The zero-order chi connectivity index (χ0) is 21.6. The van der Waals surface area contributed by atoms with Gasteiger partial charge in [0.25, 0.3) is 5.91 Å². The Bertz CT molecular complexity index is 1180. The van der Waals surface area contributed by atoms with Gasteiger partial charge in [0.2, 0.25) is 10.8 Å². The van der Waals surface area contributed by atoms with Gasteiger partial charge < -0.3 is 9.64 Å². The molecule has 0 radical (unpaired) electrons. The summed E-state index contributed by atoms with van der Waals surface area (Å²) in [5.74, 6) is 0.747. The van der Waals surface area contributed by atoms with E-state index >= 15 is 0 Å². The zero-order valence-corrected chi connectivity index (χ0v) is 18.3. The summed E-state index contributed by atoms with van der Waals surface area (Å²) in [5, 5.41) is 0.579. The van der Waals surface area contributed by atoms with Crippen LogP contribution in [0.1, 0.15) is 11.1 Å². The molecule has 2 heterocycles. The molecule has 156 valence electrons. The highest BCUT2D eigenvalue weighted by molar-refractivity contribution is 8.02. The molecule has 0 N–H and O–H groups in total. The Labute approximate surface area is 189 Å². The van der Waals surface area contributed by atoms with Gasteiger partial charge in [-0.3, -0.25) is 14.5 Å². The molecule has 0 bridgehead atoms. The van der Waals surface area contributed by atoms with E-state index in [1.165, 1.54) is 11.8 Å². The monoisotopic (exact) mass is 450 g/mol.